The first-order valence-corrected chi connectivity index (χ1v) is 6.09. The average molecular weight is 301 g/mol. The largest absolute Gasteiger partial charge is 0.459 e. The molecule has 1 amide bonds. The van der Waals surface area contributed by atoms with Crippen LogP contribution in [0.4, 0.5) is 18.9 Å². The molecule has 0 saturated carbocycles. The van der Waals surface area contributed by atoms with Crippen LogP contribution in [-0.4, -0.2) is 24.5 Å². The molecule has 0 fully saturated rings. The van der Waals surface area contributed by atoms with Crippen molar-refractivity contribution in [1.29, 1.82) is 0 Å². The Balaban J connectivity index is 2.57. The number of nitrogens with one attached hydrogen (secondary N) is 1. The quantitative estimate of drug-likeness (QED) is 0.877. The van der Waals surface area contributed by atoms with Crippen LogP contribution in [0, 0.1) is 5.82 Å². The van der Waals surface area contributed by atoms with Gasteiger partial charge >= 0.3 is 5.92 Å². The molecule has 8 heteroatoms. The summed E-state index contributed by atoms with van der Waals surface area (Å²) in [5.74, 6) is -4.73. The second kappa shape index (κ2) is 4.94. The lowest BCUT2D eigenvalue weighted by molar-refractivity contribution is -0.117. The molecule has 114 valence electrons. The van der Waals surface area contributed by atoms with E-state index in [2.05, 4.69) is 15.0 Å². The highest BCUT2D eigenvalue weighted by Gasteiger charge is 2.56. The number of carbonyl (C=O) groups excluding carboxylic acids is 1. The molecule has 0 spiro atoms. The van der Waals surface area contributed by atoms with Crippen molar-refractivity contribution in [3.05, 3.63) is 29.6 Å². The molecule has 0 radical (unpaired) electrons. The number of rotatable bonds is 2. The zero-order chi connectivity index (χ0) is 15.8. The summed E-state index contributed by atoms with van der Waals surface area (Å²) >= 11 is 0. The van der Waals surface area contributed by atoms with E-state index in [-0.39, 0.29) is 11.3 Å². The number of hydrogen-bond acceptors (Lipinski definition) is 4. The summed E-state index contributed by atoms with van der Waals surface area (Å²) in [5, 5.41) is 2.41. The molecule has 3 N–H and O–H groups in total. The van der Waals surface area contributed by atoms with Gasteiger partial charge < -0.3 is 15.8 Å². The maximum atomic E-state index is 14.1. The molecule has 5 nitrogen and oxygen atoms in total. The van der Waals surface area contributed by atoms with Crippen LogP contribution < -0.4 is 11.1 Å². The van der Waals surface area contributed by atoms with Gasteiger partial charge in [0, 0.05) is 18.2 Å². The van der Waals surface area contributed by atoms with E-state index in [9.17, 15) is 18.0 Å². The smallest absolute Gasteiger partial charge is 0.310 e. The zero-order valence-corrected chi connectivity index (χ0v) is 11.4. The number of anilines is 1. The molecule has 1 aromatic carbocycles. The number of amides is 1. The lowest BCUT2D eigenvalue weighted by Gasteiger charge is -2.37. The molecule has 1 unspecified atom stereocenters. The molecule has 0 aromatic heterocycles. The van der Waals surface area contributed by atoms with Gasteiger partial charge in [0.25, 0.3) is 6.02 Å². The van der Waals surface area contributed by atoms with Gasteiger partial charge in [0.2, 0.25) is 5.91 Å². The maximum Gasteiger partial charge on any atom is 0.310 e. The third kappa shape index (κ3) is 2.65. The summed E-state index contributed by atoms with van der Waals surface area (Å²) in [7, 11) is 0. The highest BCUT2D eigenvalue weighted by molar-refractivity contribution is 5.88. The van der Waals surface area contributed by atoms with E-state index >= 15 is 0 Å². The predicted octanol–water partition coefficient (Wildman–Crippen LogP) is 1.98. The molecule has 21 heavy (non-hydrogen) atoms. The van der Waals surface area contributed by atoms with Gasteiger partial charge in [-0.2, -0.15) is 8.78 Å². The minimum atomic E-state index is -3.45. The summed E-state index contributed by atoms with van der Waals surface area (Å²) in [6, 6.07) is 2.94. The molecule has 0 aliphatic carbocycles. The topological polar surface area (TPSA) is 76.7 Å². The Labute approximate surface area is 119 Å². The fourth-order valence-corrected chi connectivity index (χ4v) is 2.08. The molecule has 0 bridgehead atoms. The third-order valence-corrected chi connectivity index (χ3v) is 3.26. The number of amidine groups is 1. The molecule has 2 rings (SSSR count). The van der Waals surface area contributed by atoms with Crippen molar-refractivity contribution < 1.29 is 22.7 Å². The van der Waals surface area contributed by atoms with E-state index in [1.807, 2.05) is 0 Å². The molecule has 0 saturated heterocycles. The SMILES string of the molecule is CC(=O)Nc1ccc(F)c(C2(C)N=C(N)OCC2(F)F)c1. The fourth-order valence-electron chi connectivity index (χ4n) is 2.08. The molecular weight excluding hydrogens is 287 g/mol. The standard InChI is InChI=1S/C13H14F3N3O2/c1-7(20)18-8-3-4-10(14)9(5-8)12(2)13(15,16)6-21-11(17)19-12/h3-5H,6H2,1-2H3,(H2,17,19)(H,18,20). The lowest BCUT2D eigenvalue weighted by atomic mass is 9.85. The molecule has 1 aliphatic heterocycles. The van der Waals surface area contributed by atoms with E-state index in [0.29, 0.717) is 0 Å². The first-order valence-electron chi connectivity index (χ1n) is 6.09. The summed E-state index contributed by atoms with van der Waals surface area (Å²) in [5.41, 5.74) is 2.95. The van der Waals surface area contributed by atoms with Crippen LogP contribution in [0.5, 0.6) is 0 Å². The van der Waals surface area contributed by atoms with Crippen molar-refractivity contribution in [2.45, 2.75) is 25.3 Å². The number of nitrogens with two attached hydrogens (primary N) is 1. The van der Waals surface area contributed by atoms with Crippen molar-refractivity contribution in [3.8, 4) is 0 Å². The predicted molar refractivity (Wildman–Crippen MR) is 70.6 cm³/mol. The minimum absolute atomic E-state index is 0.191. The van der Waals surface area contributed by atoms with Crippen molar-refractivity contribution in [2.75, 3.05) is 11.9 Å². The number of alkyl halides is 2. The van der Waals surface area contributed by atoms with Gasteiger partial charge in [-0.1, -0.05) is 0 Å². The van der Waals surface area contributed by atoms with E-state index in [1.165, 1.54) is 13.0 Å². The molecule has 1 heterocycles. The Morgan fingerprint density at radius 1 is 1.48 bits per heavy atom. The van der Waals surface area contributed by atoms with Crippen molar-refractivity contribution in [3.63, 3.8) is 0 Å². The molecule has 1 aliphatic rings. The highest BCUT2D eigenvalue weighted by Crippen LogP contribution is 2.44. The third-order valence-electron chi connectivity index (χ3n) is 3.26. The number of benzene rings is 1. The minimum Gasteiger partial charge on any atom is -0.459 e. The second-order valence-corrected chi connectivity index (χ2v) is 4.89. The Bertz CT molecular complexity index is 619. The summed E-state index contributed by atoms with van der Waals surface area (Å²) in [6.07, 6.45) is 0. The second-order valence-electron chi connectivity index (χ2n) is 4.89. The number of hydrogen-bond donors (Lipinski definition) is 2. The fraction of sp³-hybridized carbons (Fsp3) is 0.385. The number of carbonyl (C=O) groups is 1. The highest BCUT2D eigenvalue weighted by atomic mass is 19.3. The van der Waals surface area contributed by atoms with E-state index in [1.54, 1.807) is 0 Å². The van der Waals surface area contributed by atoms with Crippen LogP contribution in [0.25, 0.3) is 0 Å². The summed E-state index contributed by atoms with van der Waals surface area (Å²) in [4.78, 5) is 14.6. The Morgan fingerprint density at radius 3 is 2.76 bits per heavy atom. The van der Waals surface area contributed by atoms with Gasteiger partial charge in [0.1, 0.15) is 5.82 Å². The van der Waals surface area contributed by atoms with Crippen molar-refractivity contribution >= 4 is 17.6 Å². The van der Waals surface area contributed by atoms with Gasteiger partial charge in [-0.15, -0.1) is 0 Å². The van der Waals surface area contributed by atoms with E-state index in [4.69, 9.17) is 5.73 Å². The number of ether oxygens (including phenoxy) is 1. The number of halogens is 3. The summed E-state index contributed by atoms with van der Waals surface area (Å²) < 4.78 is 46.8. The molecule has 1 atom stereocenters. The maximum absolute atomic E-state index is 14.1. The summed E-state index contributed by atoms with van der Waals surface area (Å²) in [6.45, 7) is 1.32. The lowest BCUT2D eigenvalue weighted by Crippen LogP contribution is -2.51. The van der Waals surface area contributed by atoms with Gasteiger partial charge in [0.05, 0.1) is 0 Å². The van der Waals surface area contributed by atoms with Crippen LogP contribution in [-0.2, 0) is 15.1 Å². The first kappa shape index (κ1) is 15.1. The zero-order valence-electron chi connectivity index (χ0n) is 11.4. The van der Waals surface area contributed by atoms with Crippen LogP contribution in [0.1, 0.15) is 19.4 Å². The van der Waals surface area contributed by atoms with Crippen LogP contribution >= 0.6 is 0 Å². The number of aliphatic imine (C=N–C) groups is 1. The Kier molecular flexibility index (Phi) is 3.56. The van der Waals surface area contributed by atoms with Crippen LogP contribution in [0.2, 0.25) is 0 Å². The van der Waals surface area contributed by atoms with Gasteiger partial charge in [-0.3, -0.25) is 4.79 Å². The Hall–Kier alpha value is -2.25. The Morgan fingerprint density at radius 2 is 2.14 bits per heavy atom. The van der Waals surface area contributed by atoms with Crippen LogP contribution in [0.3, 0.4) is 0 Å². The van der Waals surface area contributed by atoms with Gasteiger partial charge in [-0.25, -0.2) is 9.38 Å². The first-order chi connectivity index (χ1) is 9.65. The van der Waals surface area contributed by atoms with Gasteiger partial charge in [-0.05, 0) is 25.1 Å². The monoisotopic (exact) mass is 301 g/mol. The average Bonchev–Trinajstić information content (AvgIpc) is 2.36. The molecular formula is C13H14F3N3O2. The van der Waals surface area contributed by atoms with E-state index in [0.717, 1.165) is 19.1 Å². The van der Waals surface area contributed by atoms with Crippen molar-refractivity contribution in [1.82, 2.24) is 0 Å². The van der Waals surface area contributed by atoms with E-state index < -0.39 is 35.8 Å². The number of nitrogens with zero attached hydrogens (tertiary/aromatic N) is 1. The van der Waals surface area contributed by atoms with Crippen LogP contribution in [0.15, 0.2) is 23.2 Å². The molecule has 1 aromatic rings. The van der Waals surface area contributed by atoms with Gasteiger partial charge in [0.15, 0.2) is 12.1 Å². The normalized spacial score (nSPS) is 24.0. The van der Waals surface area contributed by atoms with Crippen molar-refractivity contribution in [2.24, 2.45) is 10.7 Å².